The van der Waals surface area contributed by atoms with E-state index in [0.717, 1.165) is 12.8 Å². The van der Waals surface area contributed by atoms with Gasteiger partial charge in [-0.25, -0.2) is 25.1 Å². The number of guanidine groups is 1. The third-order valence-corrected chi connectivity index (χ3v) is 10.2. The van der Waals surface area contributed by atoms with E-state index in [1.165, 1.54) is 11.8 Å². The van der Waals surface area contributed by atoms with E-state index in [0.29, 0.717) is 36.3 Å². The molecule has 6 atom stereocenters. The summed E-state index contributed by atoms with van der Waals surface area (Å²) in [4.78, 5) is 49.6. The fourth-order valence-electron chi connectivity index (χ4n) is 6.95. The van der Waals surface area contributed by atoms with Crippen LogP contribution in [0.4, 0.5) is 0 Å². The fourth-order valence-corrected chi connectivity index (χ4v) is 7.63. The van der Waals surface area contributed by atoms with Crippen LogP contribution in [0.5, 0.6) is 0 Å². The number of nitrogens with zero attached hydrogens (tertiary/aromatic N) is 4. The molecule has 2 bridgehead atoms. The molecule has 0 unspecified atom stereocenters. The normalized spacial score (nSPS) is 27.2. The average molecular weight is 618 g/mol. The average Bonchev–Trinajstić information content (AvgIpc) is 3.30. The number of thioether (sulfide) groups is 1. The molecule has 236 valence electrons. The van der Waals surface area contributed by atoms with Crippen molar-refractivity contribution in [2.24, 2.45) is 39.8 Å². The number of ketones is 1. The van der Waals surface area contributed by atoms with Crippen LogP contribution < -0.4 is 16.5 Å². The Balaban J connectivity index is 1.42. The second-order valence-corrected chi connectivity index (χ2v) is 14.1. The highest BCUT2D eigenvalue weighted by atomic mass is 32.2. The van der Waals surface area contributed by atoms with Crippen LogP contribution in [0.15, 0.2) is 28.6 Å². The van der Waals surface area contributed by atoms with Gasteiger partial charge in [0.15, 0.2) is 10.2 Å². The van der Waals surface area contributed by atoms with Crippen molar-refractivity contribution in [3.63, 3.8) is 0 Å². The molecule has 15 heteroatoms. The van der Waals surface area contributed by atoms with Crippen LogP contribution in [0, 0.1) is 39.2 Å². The minimum absolute atomic E-state index is 0.00783. The van der Waals surface area contributed by atoms with Gasteiger partial charge in [-0.15, -0.1) is 0 Å². The Morgan fingerprint density at radius 2 is 2.00 bits per heavy atom. The number of hydrogen-bond acceptors (Lipinski definition) is 10. The van der Waals surface area contributed by atoms with Crippen molar-refractivity contribution < 1.29 is 23.9 Å². The molecule has 0 radical (unpaired) electrons. The molecule has 4 aliphatic rings. The number of nitrogens with two attached hydrogens (primary N) is 1. The highest BCUT2D eigenvalue weighted by Gasteiger charge is 2.68. The van der Waals surface area contributed by atoms with Crippen LogP contribution in [0.25, 0.3) is 0 Å². The van der Waals surface area contributed by atoms with E-state index in [4.69, 9.17) is 15.0 Å². The van der Waals surface area contributed by atoms with E-state index in [1.54, 1.807) is 23.9 Å². The quantitative estimate of drug-likeness (QED) is 0.0384. The molecule has 13 nitrogen and oxygen atoms in total. The molecule has 3 saturated carbocycles. The maximum atomic E-state index is 13.8. The first-order chi connectivity index (χ1) is 20.3. The molecule has 43 heavy (non-hydrogen) atoms. The number of amides is 1. The van der Waals surface area contributed by atoms with E-state index >= 15 is 0 Å². The summed E-state index contributed by atoms with van der Waals surface area (Å²) in [6.07, 6.45) is 6.74. The van der Waals surface area contributed by atoms with Gasteiger partial charge in [0.2, 0.25) is 5.91 Å². The number of carbonyl (C=O) groups excluding carboxylic acids is 2. The number of aromatic nitrogens is 2. The second-order valence-electron chi connectivity index (χ2n) is 13.1. The van der Waals surface area contributed by atoms with E-state index in [-0.39, 0.29) is 59.7 Å². The molecule has 5 rings (SSSR count). The maximum absolute atomic E-state index is 13.8. The summed E-state index contributed by atoms with van der Waals surface area (Å²) < 4.78 is 13.2. The first kappa shape index (κ1) is 33.1. The summed E-state index contributed by atoms with van der Waals surface area (Å²) in [6, 6.07) is 1.70. The van der Waals surface area contributed by atoms with Gasteiger partial charge >= 0.3 is 7.12 Å². The van der Waals surface area contributed by atoms with E-state index in [1.807, 2.05) is 0 Å². The Bertz CT molecular complexity index is 1190. The topological polar surface area (TPSA) is 184 Å². The van der Waals surface area contributed by atoms with Crippen molar-refractivity contribution in [3.8, 4) is 0 Å². The van der Waals surface area contributed by atoms with Crippen LogP contribution in [-0.4, -0.2) is 69.7 Å². The number of nitro groups is 1. The SMILES string of the molecule is CC(C)C[C@H](NC(=O)[C@H](CCCN=C(N)N[N+](=O)[O-])CC(=O)CSc1ncccn1)B1O[C@@H]2C[C@@H]3C[C@@H](C3(C)C)[C@]2(C)O1. The highest BCUT2D eigenvalue weighted by Crippen LogP contribution is 2.65. The molecule has 0 aromatic carbocycles. The molecule has 1 aromatic rings. The van der Waals surface area contributed by atoms with Crippen LogP contribution in [0.2, 0.25) is 0 Å². The Hall–Kier alpha value is -2.78. The molecule has 1 aliphatic heterocycles. The Labute approximate surface area is 257 Å². The number of hydrogen-bond donors (Lipinski definition) is 3. The zero-order chi connectivity index (χ0) is 31.4. The number of nitrogens with one attached hydrogen (secondary N) is 2. The zero-order valence-electron chi connectivity index (χ0n) is 25.7. The molecule has 1 aromatic heterocycles. The van der Waals surface area contributed by atoms with E-state index < -0.39 is 23.7 Å². The molecule has 4 fully saturated rings. The lowest BCUT2D eigenvalue weighted by Gasteiger charge is -2.64. The number of carbonyl (C=O) groups is 2. The number of rotatable bonds is 15. The van der Waals surface area contributed by atoms with Crippen LogP contribution >= 0.6 is 11.8 Å². The molecule has 1 saturated heterocycles. The Kier molecular flexibility index (Phi) is 10.7. The van der Waals surface area contributed by atoms with E-state index in [9.17, 15) is 19.7 Å². The predicted octanol–water partition coefficient (Wildman–Crippen LogP) is 2.82. The lowest BCUT2D eigenvalue weighted by molar-refractivity contribution is -0.525. The van der Waals surface area contributed by atoms with Gasteiger partial charge in [0, 0.05) is 31.3 Å². The van der Waals surface area contributed by atoms with Crippen molar-refractivity contribution in [3.05, 3.63) is 28.6 Å². The summed E-state index contributed by atoms with van der Waals surface area (Å²) in [5.74, 6) is -0.266. The second kappa shape index (κ2) is 13.9. The molecular formula is C28H44BN7O6S. The van der Waals surface area contributed by atoms with Gasteiger partial charge in [0.25, 0.3) is 5.96 Å². The summed E-state index contributed by atoms with van der Waals surface area (Å²) in [5.41, 5.74) is 7.13. The Morgan fingerprint density at radius 1 is 1.28 bits per heavy atom. The van der Waals surface area contributed by atoms with Gasteiger partial charge in [0.05, 0.1) is 23.4 Å². The lowest BCUT2D eigenvalue weighted by atomic mass is 9.43. The first-order valence-electron chi connectivity index (χ1n) is 15.1. The monoisotopic (exact) mass is 617 g/mol. The fraction of sp³-hybridized carbons (Fsp3) is 0.750. The van der Waals surface area contributed by atoms with E-state index in [2.05, 4.69) is 54.9 Å². The summed E-state index contributed by atoms with van der Waals surface area (Å²) in [6.45, 7) is 11.1. The van der Waals surface area contributed by atoms with Gasteiger partial charge < -0.3 is 20.4 Å². The molecule has 2 heterocycles. The molecule has 4 N–H and O–H groups in total. The summed E-state index contributed by atoms with van der Waals surface area (Å²) in [5, 5.41) is 13.5. The van der Waals surface area contributed by atoms with Gasteiger partial charge in [-0.05, 0) is 68.3 Å². The standard InChI is InChI=1S/C28H44BN7O6S/c1-17(2)12-23(29-41-22-15-19-14-21(27(19,3)4)28(22,5)42-29)34-24(38)18(8-6-9-31-25(30)35-36(39)40)13-20(37)16-43-26-32-10-7-11-33-26/h7,10-11,17-19,21-23H,6,8-9,12-16H2,1-5H3,(H,34,38)(H3,30,31,35)/t18-,19+,21+,22-,23+,28+/m1/s1. The summed E-state index contributed by atoms with van der Waals surface area (Å²) in [7, 11) is -0.573. The third-order valence-electron chi connectivity index (χ3n) is 9.30. The minimum Gasteiger partial charge on any atom is -0.404 e. The first-order valence-corrected chi connectivity index (χ1v) is 16.0. The van der Waals surface area contributed by atoms with Crippen molar-refractivity contribution in [2.45, 2.75) is 95.9 Å². The van der Waals surface area contributed by atoms with Crippen molar-refractivity contribution in [2.75, 3.05) is 12.3 Å². The largest absolute Gasteiger partial charge is 0.481 e. The molecule has 1 amide bonds. The number of Topliss-reactive ketones (excluding diaryl/α,β-unsaturated/α-hetero) is 1. The van der Waals surface area contributed by atoms with Crippen LogP contribution in [0.3, 0.4) is 0 Å². The lowest BCUT2D eigenvalue weighted by Crippen LogP contribution is -2.65. The Morgan fingerprint density at radius 3 is 2.65 bits per heavy atom. The van der Waals surface area contributed by atoms with Crippen molar-refractivity contribution in [1.82, 2.24) is 20.7 Å². The van der Waals surface area contributed by atoms with Gasteiger partial charge in [-0.2, -0.15) is 0 Å². The minimum atomic E-state index is -0.787. The smallest absolute Gasteiger partial charge is 0.404 e. The number of aliphatic imine (C=N–C) groups is 1. The maximum Gasteiger partial charge on any atom is 0.481 e. The van der Waals surface area contributed by atoms with Gasteiger partial charge in [-0.3, -0.25) is 9.59 Å². The zero-order valence-corrected chi connectivity index (χ0v) is 26.5. The third kappa shape index (κ3) is 8.04. The van der Waals surface area contributed by atoms with Crippen LogP contribution in [-0.2, 0) is 18.9 Å². The van der Waals surface area contributed by atoms with Crippen LogP contribution in [0.1, 0.15) is 73.1 Å². The number of hydrazine groups is 1. The van der Waals surface area contributed by atoms with Crippen molar-refractivity contribution >= 4 is 36.5 Å². The van der Waals surface area contributed by atoms with Gasteiger partial charge in [-0.1, -0.05) is 44.9 Å². The highest BCUT2D eigenvalue weighted by molar-refractivity contribution is 7.99. The predicted molar refractivity (Wildman–Crippen MR) is 163 cm³/mol. The molecule has 3 aliphatic carbocycles. The summed E-state index contributed by atoms with van der Waals surface area (Å²) >= 11 is 1.22. The molecular weight excluding hydrogens is 573 g/mol. The van der Waals surface area contributed by atoms with Gasteiger partial charge in [0.1, 0.15) is 5.78 Å². The molecule has 0 spiro atoms. The van der Waals surface area contributed by atoms with Crippen molar-refractivity contribution in [1.29, 1.82) is 0 Å².